The molecular weight excluding hydrogens is 244 g/mol. The molecule has 18 heavy (non-hydrogen) atoms. The smallest absolute Gasteiger partial charge is 0.105 e. The van der Waals surface area contributed by atoms with Crippen LogP contribution in [0.3, 0.4) is 0 Å². The van der Waals surface area contributed by atoms with Gasteiger partial charge < -0.3 is 4.42 Å². The lowest BCUT2D eigenvalue weighted by Gasteiger charge is -2.14. The van der Waals surface area contributed by atoms with E-state index in [1.165, 1.54) is 15.6 Å². The van der Waals surface area contributed by atoms with Gasteiger partial charge in [0.05, 0.1) is 12.3 Å². The fourth-order valence-electron chi connectivity index (χ4n) is 2.16. The van der Waals surface area contributed by atoms with Crippen molar-refractivity contribution in [2.75, 3.05) is 0 Å². The van der Waals surface area contributed by atoms with Gasteiger partial charge in [-0.25, -0.2) is 0 Å². The van der Waals surface area contributed by atoms with Crippen LogP contribution in [0.1, 0.15) is 17.4 Å². The van der Waals surface area contributed by atoms with Gasteiger partial charge >= 0.3 is 0 Å². The average molecular weight is 258 g/mol. The molecule has 0 aliphatic carbocycles. The molecule has 3 aromatic rings. The summed E-state index contributed by atoms with van der Waals surface area (Å²) >= 11 is 1.74. The lowest BCUT2D eigenvalue weighted by Crippen LogP contribution is -2.29. The molecule has 0 bridgehead atoms. The normalized spacial score (nSPS) is 12.9. The summed E-state index contributed by atoms with van der Waals surface area (Å²) in [6, 6.07) is 12.3. The second kappa shape index (κ2) is 4.94. The summed E-state index contributed by atoms with van der Waals surface area (Å²) < 4.78 is 6.67. The van der Waals surface area contributed by atoms with Gasteiger partial charge in [0, 0.05) is 11.1 Å². The van der Waals surface area contributed by atoms with Crippen LogP contribution in [0.25, 0.3) is 10.1 Å². The maximum absolute atomic E-state index is 5.68. The molecule has 4 heteroatoms. The first-order valence-corrected chi connectivity index (χ1v) is 6.71. The highest BCUT2D eigenvalue weighted by Crippen LogP contribution is 2.31. The number of nitrogens with two attached hydrogens (primary N) is 1. The van der Waals surface area contributed by atoms with E-state index in [2.05, 4.69) is 35.1 Å². The van der Waals surface area contributed by atoms with Crippen LogP contribution in [0.15, 0.2) is 52.5 Å². The predicted octanol–water partition coefficient (Wildman–Crippen LogP) is 3.24. The average Bonchev–Trinajstić information content (AvgIpc) is 3.05. The molecule has 2 heterocycles. The highest BCUT2D eigenvalue weighted by atomic mass is 32.1. The lowest BCUT2D eigenvalue weighted by atomic mass is 10.0. The molecule has 0 aliphatic heterocycles. The van der Waals surface area contributed by atoms with Crippen molar-refractivity contribution in [3.63, 3.8) is 0 Å². The number of hydrazine groups is 1. The van der Waals surface area contributed by atoms with Gasteiger partial charge in [-0.15, -0.1) is 11.3 Å². The van der Waals surface area contributed by atoms with E-state index in [4.69, 9.17) is 10.3 Å². The van der Waals surface area contributed by atoms with Crippen LogP contribution in [0.4, 0.5) is 0 Å². The summed E-state index contributed by atoms with van der Waals surface area (Å²) in [5.41, 5.74) is 4.11. The van der Waals surface area contributed by atoms with Crippen molar-refractivity contribution in [2.45, 2.75) is 12.5 Å². The summed E-state index contributed by atoms with van der Waals surface area (Å²) in [5, 5.41) is 3.43. The van der Waals surface area contributed by atoms with Crippen LogP contribution < -0.4 is 11.3 Å². The summed E-state index contributed by atoms with van der Waals surface area (Å²) in [6.07, 6.45) is 2.44. The van der Waals surface area contributed by atoms with Gasteiger partial charge in [-0.3, -0.25) is 11.3 Å². The molecule has 1 unspecified atom stereocenters. The molecule has 0 saturated heterocycles. The Morgan fingerprint density at radius 3 is 2.89 bits per heavy atom. The van der Waals surface area contributed by atoms with E-state index in [1.54, 1.807) is 17.6 Å². The van der Waals surface area contributed by atoms with Crippen molar-refractivity contribution in [1.29, 1.82) is 0 Å². The van der Waals surface area contributed by atoms with Gasteiger partial charge in [0.25, 0.3) is 0 Å². The Morgan fingerprint density at radius 2 is 2.11 bits per heavy atom. The Morgan fingerprint density at radius 1 is 1.22 bits per heavy atom. The van der Waals surface area contributed by atoms with Gasteiger partial charge in [-0.2, -0.15) is 0 Å². The van der Waals surface area contributed by atoms with Crippen molar-refractivity contribution < 1.29 is 4.42 Å². The fraction of sp³-hybridized carbons (Fsp3) is 0.143. The summed E-state index contributed by atoms with van der Waals surface area (Å²) in [7, 11) is 0. The van der Waals surface area contributed by atoms with E-state index in [-0.39, 0.29) is 6.04 Å². The molecule has 92 valence electrons. The maximum Gasteiger partial charge on any atom is 0.105 e. The third-order valence-corrected chi connectivity index (χ3v) is 4.05. The standard InChI is InChI=1S/C14H14N2OS/c15-16-13(8-10-4-3-7-17-10)12-9-18-14-6-2-1-5-11(12)14/h1-7,9,13,16H,8,15H2. The number of hydrogen-bond donors (Lipinski definition) is 2. The molecular formula is C14H14N2OS. The Bertz CT molecular complexity index is 630. The molecule has 0 fully saturated rings. The van der Waals surface area contributed by atoms with Gasteiger partial charge in [0.15, 0.2) is 0 Å². The highest BCUT2D eigenvalue weighted by Gasteiger charge is 2.16. The van der Waals surface area contributed by atoms with Crippen molar-refractivity contribution in [3.8, 4) is 0 Å². The SMILES string of the molecule is NNC(Cc1ccco1)c1csc2ccccc12. The largest absolute Gasteiger partial charge is 0.469 e. The van der Waals surface area contributed by atoms with E-state index in [0.717, 1.165) is 12.2 Å². The van der Waals surface area contributed by atoms with Crippen molar-refractivity contribution >= 4 is 21.4 Å². The first-order chi connectivity index (χ1) is 8.88. The minimum atomic E-state index is 0.0762. The Hall–Kier alpha value is -1.62. The van der Waals surface area contributed by atoms with Gasteiger partial charge in [-0.05, 0) is 34.5 Å². The lowest BCUT2D eigenvalue weighted by molar-refractivity contribution is 0.456. The second-order valence-electron chi connectivity index (χ2n) is 4.19. The third-order valence-electron chi connectivity index (χ3n) is 3.07. The molecule has 1 atom stereocenters. The molecule has 0 radical (unpaired) electrons. The molecule has 0 aliphatic rings. The van der Waals surface area contributed by atoms with Crippen LogP contribution >= 0.6 is 11.3 Å². The molecule has 0 amide bonds. The Kier molecular flexibility index (Phi) is 3.15. The van der Waals surface area contributed by atoms with Gasteiger partial charge in [0.1, 0.15) is 5.76 Å². The van der Waals surface area contributed by atoms with Gasteiger partial charge in [-0.1, -0.05) is 18.2 Å². The van der Waals surface area contributed by atoms with E-state index in [9.17, 15) is 0 Å². The van der Waals surface area contributed by atoms with Crippen molar-refractivity contribution in [3.05, 3.63) is 59.4 Å². The predicted molar refractivity (Wildman–Crippen MR) is 74.3 cm³/mol. The Balaban J connectivity index is 1.96. The number of furan rings is 1. The Labute approximate surface area is 109 Å². The zero-order valence-corrected chi connectivity index (χ0v) is 10.6. The van der Waals surface area contributed by atoms with Crippen LogP contribution in [-0.2, 0) is 6.42 Å². The van der Waals surface area contributed by atoms with Crippen LogP contribution in [0.5, 0.6) is 0 Å². The van der Waals surface area contributed by atoms with Crippen LogP contribution in [0.2, 0.25) is 0 Å². The van der Waals surface area contributed by atoms with Crippen molar-refractivity contribution in [2.24, 2.45) is 5.84 Å². The first-order valence-electron chi connectivity index (χ1n) is 5.83. The monoisotopic (exact) mass is 258 g/mol. The van der Waals surface area contributed by atoms with Gasteiger partial charge in [0.2, 0.25) is 0 Å². The van der Waals surface area contributed by atoms with E-state index in [1.807, 2.05) is 12.1 Å². The summed E-state index contributed by atoms with van der Waals surface area (Å²) in [4.78, 5) is 0. The third kappa shape index (κ3) is 2.06. The zero-order valence-electron chi connectivity index (χ0n) is 9.80. The highest BCUT2D eigenvalue weighted by molar-refractivity contribution is 7.17. The number of rotatable bonds is 4. The molecule has 3 N–H and O–H groups in total. The number of thiophene rings is 1. The van der Waals surface area contributed by atoms with E-state index >= 15 is 0 Å². The number of benzene rings is 1. The number of fused-ring (bicyclic) bond motifs is 1. The molecule has 1 aromatic carbocycles. The minimum absolute atomic E-state index is 0.0762. The summed E-state index contributed by atoms with van der Waals surface area (Å²) in [5.74, 6) is 6.62. The molecule has 3 nitrogen and oxygen atoms in total. The number of nitrogens with one attached hydrogen (secondary N) is 1. The zero-order chi connectivity index (χ0) is 12.4. The topological polar surface area (TPSA) is 51.2 Å². The molecule has 0 saturated carbocycles. The summed E-state index contributed by atoms with van der Waals surface area (Å²) in [6.45, 7) is 0. The maximum atomic E-state index is 5.68. The number of hydrogen-bond acceptors (Lipinski definition) is 4. The molecule has 3 rings (SSSR count). The van der Waals surface area contributed by atoms with E-state index < -0.39 is 0 Å². The quantitative estimate of drug-likeness (QED) is 0.558. The van der Waals surface area contributed by atoms with Crippen LogP contribution in [0, 0.1) is 0 Å². The minimum Gasteiger partial charge on any atom is -0.469 e. The van der Waals surface area contributed by atoms with E-state index in [0.29, 0.717) is 0 Å². The molecule has 0 spiro atoms. The fourth-order valence-corrected chi connectivity index (χ4v) is 3.17. The van der Waals surface area contributed by atoms with Crippen LogP contribution in [-0.4, -0.2) is 0 Å². The second-order valence-corrected chi connectivity index (χ2v) is 5.10. The van der Waals surface area contributed by atoms with Crippen molar-refractivity contribution in [1.82, 2.24) is 5.43 Å². The first kappa shape index (κ1) is 11.5. The molecule has 2 aromatic heterocycles.